The summed E-state index contributed by atoms with van der Waals surface area (Å²) in [7, 11) is 2.15. The van der Waals surface area contributed by atoms with Gasteiger partial charge in [-0.3, -0.25) is 4.90 Å². The number of nitrogens with zero attached hydrogens (tertiary/aromatic N) is 1. The number of rotatable bonds is 5. The number of likely N-dealkylation sites (N-methyl/N-ethyl adjacent to an activating group) is 1. The molecule has 1 atom stereocenters. The van der Waals surface area contributed by atoms with Crippen LogP contribution in [0.3, 0.4) is 0 Å². The van der Waals surface area contributed by atoms with Crippen LogP contribution in [-0.4, -0.2) is 24.5 Å². The van der Waals surface area contributed by atoms with Gasteiger partial charge in [0.2, 0.25) is 0 Å². The Morgan fingerprint density at radius 3 is 2.53 bits per heavy atom. The van der Waals surface area contributed by atoms with Gasteiger partial charge in [0.1, 0.15) is 0 Å². The molecule has 0 aromatic heterocycles. The molecule has 0 radical (unpaired) electrons. The summed E-state index contributed by atoms with van der Waals surface area (Å²) in [6, 6.07) is 9.02. The summed E-state index contributed by atoms with van der Waals surface area (Å²) in [5.74, 6) is 0. The lowest BCUT2D eigenvalue weighted by atomic mass is 10.1. The molecule has 84 valence electrons. The highest BCUT2D eigenvalue weighted by Gasteiger charge is 2.11. The predicted octanol–water partition coefficient (Wildman–Crippen LogP) is 2.16. The normalized spacial score (nSPS) is 13.1. The monoisotopic (exact) mass is 206 g/mol. The van der Waals surface area contributed by atoms with Gasteiger partial charge in [-0.25, -0.2) is 0 Å². The smallest absolute Gasteiger partial charge is 0.0236 e. The summed E-state index contributed by atoms with van der Waals surface area (Å²) in [6.45, 7) is 6.07. The van der Waals surface area contributed by atoms with E-state index in [1.165, 1.54) is 11.1 Å². The van der Waals surface area contributed by atoms with Crippen molar-refractivity contribution in [2.75, 3.05) is 13.6 Å². The van der Waals surface area contributed by atoms with E-state index in [9.17, 15) is 0 Å². The fourth-order valence-electron chi connectivity index (χ4n) is 1.84. The third kappa shape index (κ3) is 3.33. The van der Waals surface area contributed by atoms with Crippen molar-refractivity contribution in [3.8, 4) is 0 Å². The molecule has 2 nitrogen and oxygen atoms in total. The first-order valence-corrected chi connectivity index (χ1v) is 5.63. The van der Waals surface area contributed by atoms with Crippen LogP contribution in [0.25, 0.3) is 0 Å². The van der Waals surface area contributed by atoms with Crippen LogP contribution in [0.4, 0.5) is 0 Å². The van der Waals surface area contributed by atoms with Gasteiger partial charge in [0.05, 0.1) is 0 Å². The van der Waals surface area contributed by atoms with Crippen LogP contribution < -0.4 is 5.73 Å². The maximum atomic E-state index is 5.73. The highest BCUT2D eigenvalue weighted by atomic mass is 15.1. The minimum atomic E-state index is 0.490. The van der Waals surface area contributed by atoms with Gasteiger partial charge in [0.25, 0.3) is 0 Å². The third-order valence-electron chi connectivity index (χ3n) is 3.05. The number of benzene rings is 1. The van der Waals surface area contributed by atoms with E-state index in [4.69, 9.17) is 5.73 Å². The fourth-order valence-corrected chi connectivity index (χ4v) is 1.84. The van der Waals surface area contributed by atoms with E-state index in [0.717, 1.165) is 19.5 Å². The van der Waals surface area contributed by atoms with Crippen molar-refractivity contribution in [1.29, 1.82) is 0 Å². The van der Waals surface area contributed by atoms with Crippen molar-refractivity contribution in [3.05, 3.63) is 35.4 Å². The first kappa shape index (κ1) is 12.2. The number of aryl methyl sites for hydroxylation is 1. The summed E-state index contributed by atoms with van der Waals surface area (Å²) in [6.07, 6.45) is 1.11. The standard InChI is InChI=1S/C13H22N2/c1-4-13(9-14)15(3)10-12-8-6-5-7-11(12)2/h5-8,13H,4,9-10,14H2,1-3H3. The Morgan fingerprint density at radius 2 is 2.00 bits per heavy atom. The van der Waals surface area contributed by atoms with E-state index in [2.05, 4.69) is 50.1 Å². The molecule has 0 saturated carbocycles. The summed E-state index contributed by atoms with van der Waals surface area (Å²) >= 11 is 0. The van der Waals surface area contributed by atoms with Crippen LogP contribution in [0.15, 0.2) is 24.3 Å². The summed E-state index contributed by atoms with van der Waals surface area (Å²) < 4.78 is 0. The summed E-state index contributed by atoms with van der Waals surface area (Å²) in [5.41, 5.74) is 8.49. The van der Waals surface area contributed by atoms with Gasteiger partial charge in [-0.05, 0) is 31.5 Å². The maximum Gasteiger partial charge on any atom is 0.0236 e. The molecule has 0 saturated heterocycles. The van der Waals surface area contributed by atoms with Crippen molar-refractivity contribution in [2.24, 2.45) is 5.73 Å². The van der Waals surface area contributed by atoms with Crippen molar-refractivity contribution in [2.45, 2.75) is 32.9 Å². The van der Waals surface area contributed by atoms with Crippen LogP contribution in [-0.2, 0) is 6.54 Å². The lowest BCUT2D eigenvalue weighted by molar-refractivity contribution is 0.232. The third-order valence-corrected chi connectivity index (χ3v) is 3.05. The van der Waals surface area contributed by atoms with Gasteiger partial charge in [-0.1, -0.05) is 31.2 Å². The number of hydrogen-bond acceptors (Lipinski definition) is 2. The Labute approximate surface area is 93.1 Å². The average molecular weight is 206 g/mol. The second-order valence-electron chi connectivity index (χ2n) is 4.14. The van der Waals surface area contributed by atoms with Crippen molar-refractivity contribution in [3.63, 3.8) is 0 Å². The van der Waals surface area contributed by atoms with Crippen molar-refractivity contribution >= 4 is 0 Å². The van der Waals surface area contributed by atoms with E-state index in [0.29, 0.717) is 6.04 Å². The fraction of sp³-hybridized carbons (Fsp3) is 0.538. The van der Waals surface area contributed by atoms with E-state index < -0.39 is 0 Å². The van der Waals surface area contributed by atoms with Crippen molar-refractivity contribution < 1.29 is 0 Å². The minimum absolute atomic E-state index is 0.490. The molecule has 1 aromatic rings. The molecular formula is C13H22N2. The van der Waals surface area contributed by atoms with E-state index in [1.807, 2.05) is 0 Å². The molecule has 15 heavy (non-hydrogen) atoms. The van der Waals surface area contributed by atoms with Crippen LogP contribution in [0.2, 0.25) is 0 Å². The van der Waals surface area contributed by atoms with Crippen LogP contribution in [0.5, 0.6) is 0 Å². The lowest BCUT2D eigenvalue weighted by Crippen LogP contribution is -2.36. The first-order chi connectivity index (χ1) is 7.19. The summed E-state index contributed by atoms with van der Waals surface area (Å²) in [5, 5.41) is 0. The highest BCUT2D eigenvalue weighted by molar-refractivity contribution is 5.25. The topological polar surface area (TPSA) is 29.3 Å². The zero-order valence-corrected chi connectivity index (χ0v) is 10.0. The minimum Gasteiger partial charge on any atom is -0.329 e. The first-order valence-electron chi connectivity index (χ1n) is 5.63. The van der Waals surface area contributed by atoms with E-state index in [-0.39, 0.29) is 0 Å². The molecule has 2 heteroatoms. The zero-order chi connectivity index (χ0) is 11.3. The number of nitrogens with two attached hydrogens (primary N) is 1. The van der Waals surface area contributed by atoms with Crippen LogP contribution >= 0.6 is 0 Å². The molecule has 0 aliphatic heterocycles. The van der Waals surface area contributed by atoms with E-state index in [1.54, 1.807) is 0 Å². The van der Waals surface area contributed by atoms with Gasteiger partial charge >= 0.3 is 0 Å². The molecule has 1 aromatic carbocycles. The van der Waals surface area contributed by atoms with Gasteiger partial charge in [-0.15, -0.1) is 0 Å². The largest absolute Gasteiger partial charge is 0.329 e. The second kappa shape index (κ2) is 5.89. The maximum absolute atomic E-state index is 5.73. The lowest BCUT2D eigenvalue weighted by Gasteiger charge is -2.26. The Kier molecular flexibility index (Phi) is 4.79. The molecule has 0 heterocycles. The van der Waals surface area contributed by atoms with Gasteiger partial charge in [0, 0.05) is 19.1 Å². The van der Waals surface area contributed by atoms with Crippen molar-refractivity contribution in [1.82, 2.24) is 4.90 Å². The SMILES string of the molecule is CCC(CN)N(C)Cc1ccccc1C. The van der Waals surface area contributed by atoms with Crippen LogP contribution in [0.1, 0.15) is 24.5 Å². The molecule has 1 unspecified atom stereocenters. The molecule has 0 amide bonds. The van der Waals surface area contributed by atoms with Gasteiger partial charge in [0.15, 0.2) is 0 Å². The molecule has 0 aliphatic carbocycles. The summed E-state index contributed by atoms with van der Waals surface area (Å²) in [4.78, 5) is 2.34. The molecule has 0 spiro atoms. The average Bonchev–Trinajstić information content (AvgIpc) is 2.23. The molecule has 0 fully saturated rings. The Balaban J connectivity index is 2.65. The molecule has 0 bridgehead atoms. The molecule has 2 N–H and O–H groups in total. The Hall–Kier alpha value is -0.860. The van der Waals surface area contributed by atoms with Gasteiger partial charge in [-0.2, -0.15) is 0 Å². The molecule has 1 rings (SSSR count). The predicted molar refractivity (Wildman–Crippen MR) is 65.8 cm³/mol. The van der Waals surface area contributed by atoms with Gasteiger partial charge < -0.3 is 5.73 Å². The Morgan fingerprint density at radius 1 is 1.33 bits per heavy atom. The van der Waals surface area contributed by atoms with E-state index >= 15 is 0 Å². The second-order valence-corrected chi connectivity index (χ2v) is 4.14. The quantitative estimate of drug-likeness (QED) is 0.800. The highest BCUT2D eigenvalue weighted by Crippen LogP contribution is 2.11. The molecular weight excluding hydrogens is 184 g/mol. The number of hydrogen-bond donors (Lipinski definition) is 1. The zero-order valence-electron chi connectivity index (χ0n) is 10.0. The van der Waals surface area contributed by atoms with Crippen LogP contribution in [0, 0.1) is 6.92 Å². The molecule has 0 aliphatic rings. The Bertz CT molecular complexity index is 292.